The summed E-state index contributed by atoms with van der Waals surface area (Å²) in [6.07, 6.45) is 3.04. The summed E-state index contributed by atoms with van der Waals surface area (Å²) in [6, 6.07) is 8.93. The second kappa shape index (κ2) is 4.33. The first-order valence-electron chi connectivity index (χ1n) is 7.32. The Morgan fingerprint density at radius 3 is 2.65 bits per heavy atom. The molecule has 20 heavy (non-hydrogen) atoms. The molecule has 4 rings (SSSR count). The summed E-state index contributed by atoms with van der Waals surface area (Å²) in [7, 11) is 0. The zero-order valence-electron chi connectivity index (χ0n) is 11.2. The Labute approximate surface area is 117 Å². The van der Waals surface area contributed by atoms with E-state index in [9.17, 15) is 9.59 Å². The number of ether oxygens (including phenoxy) is 1. The van der Waals surface area contributed by atoms with Crippen LogP contribution in [0.15, 0.2) is 30.3 Å². The van der Waals surface area contributed by atoms with Crippen molar-refractivity contribution in [1.29, 1.82) is 0 Å². The first kappa shape index (κ1) is 11.9. The van der Waals surface area contributed by atoms with Gasteiger partial charge in [0.15, 0.2) is 0 Å². The van der Waals surface area contributed by atoms with Gasteiger partial charge >= 0.3 is 6.09 Å². The fourth-order valence-corrected chi connectivity index (χ4v) is 4.35. The van der Waals surface area contributed by atoms with E-state index >= 15 is 0 Å². The van der Waals surface area contributed by atoms with Crippen LogP contribution in [-0.2, 0) is 4.79 Å². The summed E-state index contributed by atoms with van der Waals surface area (Å²) in [6.45, 7) is 0.552. The fraction of sp³-hybridized carbons (Fsp3) is 0.500. The van der Waals surface area contributed by atoms with Crippen LogP contribution in [0.4, 0.5) is 4.79 Å². The highest BCUT2D eigenvalue weighted by atomic mass is 16.6. The number of rotatable bonds is 1. The van der Waals surface area contributed by atoms with E-state index in [-0.39, 0.29) is 11.8 Å². The lowest BCUT2D eigenvalue weighted by molar-refractivity contribution is -0.130. The molecule has 2 amide bonds. The van der Waals surface area contributed by atoms with Crippen molar-refractivity contribution < 1.29 is 14.3 Å². The smallest absolute Gasteiger partial charge is 0.410 e. The van der Waals surface area contributed by atoms with Crippen LogP contribution in [0.3, 0.4) is 0 Å². The maximum absolute atomic E-state index is 12.4. The van der Waals surface area contributed by atoms with Crippen LogP contribution < -0.4 is 4.74 Å². The van der Waals surface area contributed by atoms with Gasteiger partial charge in [0.2, 0.25) is 5.91 Å². The number of carbonyl (C=O) groups is 2. The molecule has 104 valence electrons. The Morgan fingerprint density at radius 2 is 1.90 bits per heavy atom. The van der Waals surface area contributed by atoms with Gasteiger partial charge in [-0.25, -0.2) is 9.69 Å². The second-order valence-electron chi connectivity index (χ2n) is 6.15. The molecule has 0 aromatic heterocycles. The second-order valence-corrected chi connectivity index (χ2v) is 6.15. The summed E-state index contributed by atoms with van der Waals surface area (Å²) < 4.78 is 5.29. The van der Waals surface area contributed by atoms with Gasteiger partial charge in [0, 0.05) is 12.5 Å². The molecule has 4 heteroatoms. The predicted octanol–water partition coefficient (Wildman–Crippen LogP) is 2.69. The van der Waals surface area contributed by atoms with Gasteiger partial charge in [-0.05, 0) is 49.1 Å². The van der Waals surface area contributed by atoms with E-state index < -0.39 is 6.09 Å². The number of amides is 2. The standard InChI is InChI=1S/C16H17NO3/c18-15-14-11-7-6-10(8-11)13(14)9-17(15)16(19)20-12-4-2-1-3-5-12/h1-5,10-11,13-14H,6-9H2/t10-,11+,13+,14-/m0/s1. The molecule has 2 aliphatic carbocycles. The monoisotopic (exact) mass is 271 g/mol. The average molecular weight is 271 g/mol. The highest BCUT2D eigenvalue weighted by Gasteiger charge is 2.57. The molecule has 1 heterocycles. The van der Waals surface area contributed by atoms with Crippen molar-refractivity contribution in [3.63, 3.8) is 0 Å². The Bertz CT molecular complexity index is 556. The third-order valence-electron chi connectivity index (χ3n) is 5.20. The maximum atomic E-state index is 12.4. The highest BCUT2D eigenvalue weighted by Crippen LogP contribution is 2.55. The lowest BCUT2D eigenvalue weighted by atomic mass is 9.81. The van der Waals surface area contributed by atoms with Crippen LogP contribution in [0.2, 0.25) is 0 Å². The largest absolute Gasteiger partial charge is 0.422 e. The molecule has 2 saturated carbocycles. The normalized spacial score (nSPS) is 34.4. The molecule has 2 bridgehead atoms. The number of benzene rings is 1. The molecular weight excluding hydrogens is 254 g/mol. The lowest BCUT2D eigenvalue weighted by Crippen LogP contribution is -2.37. The quantitative estimate of drug-likeness (QED) is 0.789. The molecule has 1 aromatic rings. The van der Waals surface area contributed by atoms with E-state index in [1.807, 2.05) is 18.2 Å². The molecule has 1 aliphatic heterocycles. The molecule has 1 aromatic carbocycles. The van der Waals surface area contributed by atoms with E-state index in [1.54, 1.807) is 12.1 Å². The molecule has 1 saturated heterocycles. The van der Waals surface area contributed by atoms with Crippen LogP contribution in [0.5, 0.6) is 5.75 Å². The molecule has 0 radical (unpaired) electrons. The molecule has 4 atom stereocenters. The van der Waals surface area contributed by atoms with Crippen molar-refractivity contribution in [1.82, 2.24) is 4.90 Å². The van der Waals surface area contributed by atoms with Crippen LogP contribution in [0, 0.1) is 23.7 Å². The third-order valence-corrected chi connectivity index (χ3v) is 5.20. The van der Waals surface area contributed by atoms with Gasteiger partial charge in [-0.1, -0.05) is 18.2 Å². The van der Waals surface area contributed by atoms with Crippen molar-refractivity contribution in [3.05, 3.63) is 30.3 Å². The van der Waals surface area contributed by atoms with E-state index in [2.05, 4.69) is 0 Å². The SMILES string of the molecule is O=C(Oc1ccccc1)N1C[C@@H]2[C@H]3CC[C@H](C3)[C@@H]2C1=O. The van der Waals surface area contributed by atoms with Gasteiger partial charge in [0.25, 0.3) is 0 Å². The Hall–Kier alpha value is -1.84. The average Bonchev–Trinajstić information content (AvgIpc) is 3.13. The Balaban J connectivity index is 1.50. The van der Waals surface area contributed by atoms with Crippen molar-refractivity contribution >= 4 is 12.0 Å². The maximum Gasteiger partial charge on any atom is 0.422 e. The van der Waals surface area contributed by atoms with E-state index in [0.717, 1.165) is 6.42 Å². The zero-order chi connectivity index (χ0) is 13.7. The number of hydrogen-bond acceptors (Lipinski definition) is 3. The minimum absolute atomic E-state index is 0.0110. The number of likely N-dealkylation sites (tertiary alicyclic amines) is 1. The van der Waals surface area contributed by atoms with Gasteiger partial charge in [0.05, 0.1) is 0 Å². The van der Waals surface area contributed by atoms with Crippen molar-refractivity contribution in [2.24, 2.45) is 23.7 Å². The van der Waals surface area contributed by atoms with Crippen molar-refractivity contribution in [2.45, 2.75) is 19.3 Å². The van der Waals surface area contributed by atoms with Gasteiger partial charge in [-0.2, -0.15) is 0 Å². The summed E-state index contributed by atoms with van der Waals surface area (Å²) in [5, 5.41) is 0. The first-order chi connectivity index (χ1) is 9.74. The van der Waals surface area contributed by atoms with Crippen molar-refractivity contribution in [2.75, 3.05) is 6.54 Å². The minimum atomic E-state index is -0.519. The summed E-state index contributed by atoms with van der Waals surface area (Å²) >= 11 is 0. The molecule has 3 aliphatic rings. The van der Waals surface area contributed by atoms with E-state index in [0.29, 0.717) is 30.0 Å². The number of imide groups is 1. The Morgan fingerprint density at radius 1 is 1.15 bits per heavy atom. The van der Waals surface area contributed by atoms with Crippen LogP contribution in [0.25, 0.3) is 0 Å². The number of para-hydroxylation sites is 1. The van der Waals surface area contributed by atoms with Gasteiger partial charge in [-0.15, -0.1) is 0 Å². The molecule has 3 fully saturated rings. The minimum Gasteiger partial charge on any atom is -0.410 e. The first-order valence-corrected chi connectivity index (χ1v) is 7.32. The highest BCUT2D eigenvalue weighted by molar-refractivity contribution is 5.96. The lowest BCUT2D eigenvalue weighted by Gasteiger charge is -2.20. The molecular formula is C16H17NO3. The predicted molar refractivity (Wildman–Crippen MR) is 72.0 cm³/mol. The number of hydrogen-bond donors (Lipinski definition) is 0. The molecule has 4 nitrogen and oxygen atoms in total. The molecule has 0 spiro atoms. The number of nitrogens with zero attached hydrogens (tertiary/aromatic N) is 1. The Kier molecular flexibility index (Phi) is 2.59. The van der Waals surface area contributed by atoms with E-state index in [1.165, 1.54) is 17.7 Å². The summed E-state index contributed by atoms with van der Waals surface area (Å²) in [5.74, 6) is 2.09. The summed E-state index contributed by atoms with van der Waals surface area (Å²) in [5.41, 5.74) is 0. The molecule has 0 N–H and O–H groups in total. The van der Waals surface area contributed by atoms with Crippen molar-refractivity contribution in [3.8, 4) is 5.75 Å². The third kappa shape index (κ3) is 1.67. The van der Waals surface area contributed by atoms with Crippen LogP contribution in [0.1, 0.15) is 19.3 Å². The van der Waals surface area contributed by atoms with E-state index in [4.69, 9.17) is 4.74 Å². The van der Waals surface area contributed by atoms with Crippen LogP contribution in [-0.4, -0.2) is 23.4 Å². The number of carbonyl (C=O) groups excluding carboxylic acids is 2. The number of fused-ring (bicyclic) bond motifs is 5. The van der Waals surface area contributed by atoms with Crippen LogP contribution >= 0.6 is 0 Å². The summed E-state index contributed by atoms with van der Waals surface area (Å²) in [4.78, 5) is 25.9. The van der Waals surface area contributed by atoms with Gasteiger partial charge < -0.3 is 4.74 Å². The molecule has 0 unspecified atom stereocenters. The zero-order valence-corrected chi connectivity index (χ0v) is 11.2. The van der Waals surface area contributed by atoms with Gasteiger partial charge in [0.1, 0.15) is 5.75 Å². The fourth-order valence-electron chi connectivity index (χ4n) is 4.35. The topological polar surface area (TPSA) is 46.6 Å². The van der Waals surface area contributed by atoms with Gasteiger partial charge in [-0.3, -0.25) is 4.79 Å².